The molecule has 0 fully saturated rings. The van der Waals surface area contributed by atoms with Crippen molar-refractivity contribution in [3.63, 3.8) is 0 Å². The van der Waals surface area contributed by atoms with Crippen molar-refractivity contribution in [2.45, 2.75) is 33.3 Å². The zero-order chi connectivity index (χ0) is 14.3. The average Bonchev–Trinajstić information content (AvgIpc) is 2.42. The number of carbonyl (C=O) groups is 1. The van der Waals surface area contributed by atoms with Crippen LogP contribution in [-0.2, 0) is 4.74 Å². The summed E-state index contributed by atoms with van der Waals surface area (Å²) in [4.78, 5) is 12.3. The highest BCUT2D eigenvalue weighted by Crippen LogP contribution is 2.20. The van der Waals surface area contributed by atoms with E-state index in [9.17, 15) is 4.79 Å². The molecule has 0 saturated carbocycles. The number of rotatable bonds is 6. The van der Waals surface area contributed by atoms with Crippen LogP contribution in [0.25, 0.3) is 0 Å². The summed E-state index contributed by atoms with van der Waals surface area (Å²) in [5, 5.41) is 0. The lowest BCUT2D eigenvalue weighted by Gasteiger charge is -2.22. The zero-order valence-electron chi connectivity index (χ0n) is 11.8. The molecule has 1 rings (SSSR count). The fourth-order valence-electron chi connectivity index (χ4n) is 1.47. The number of carbonyl (C=O) groups excluding carboxylic acids is 1. The second kappa shape index (κ2) is 6.78. The van der Waals surface area contributed by atoms with Crippen LogP contribution in [0.5, 0.6) is 5.75 Å². The molecular weight excluding hydrogens is 240 g/mol. The van der Waals surface area contributed by atoms with E-state index < -0.39 is 5.60 Å². The van der Waals surface area contributed by atoms with Gasteiger partial charge in [-0.15, -0.1) is 0 Å². The minimum Gasteiger partial charge on any atom is -0.488 e. The van der Waals surface area contributed by atoms with Gasteiger partial charge in [0.1, 0.15) is 5.75 Å². The first-order valence-electron chi connectivity index (χ1n) is 6.23. The summed E-state index contributed by atoms with van der Waals surface area (Å²) in [7, 11) is 0. The van der Waals surface area contributed by atoms with Crippen molar-refractivity contribution >= 4 is 5.78 Å². The molecule has 0 aliphatic carbocycles. The normalized spacial score (nSPS) is 12.0. The van der Waals surface area contributed by atoms with Crippen LogP contribution in [0, 0.1) is 0 Å². The first-order chi connectivity index (χ1) is 9.01. The van der Waals surface area contributed by atoms with Gasteiger partial charge in [0.25, 0.3) is 0 Å². The molecule has 0 saturated heterocycles. The number of allylic oxidation sites excluding steroid dienone is 2. The van der Waals surface area contributed by atoms with Gasteiger partial charge < -0.3 is 9.47 Å². The van der Waals surface area contributed by atoms with E-state index in [1.165, 1.54) is 6.26 Å². The summed E-state index contributed by atoms with van der Waals surface area (Å²) in [6.45, 7) is 7.21. The molecule has 0 bridgehead atoms. The van der Waals surface area contributed by atoms with E-state index in [-0.39, 0.29) is 5.78 Å². The maximum atomic E-state index is 12.3. The summed E-state index contributed by atoms with van der Waals surface area (Å²) in [6.07, 6.45) is 6.67. The molecule has 0 spiro atoms. The minimum atomic E-state index is -0.877. The molecule has 1 aromatic rings. The lowest BCUT2D eigenvalue weighted by Crippen LogP contribution is -2.33. The largest absolute Gasteiger partial charge is 0.488 e. The summed E-state index contributed by atoms with van der Waals surface area (Å²) >= 11 is 0. The van der Waals surface area contributed by atoms with E-state index in [0.29, 0.717) is 11.3 Å². The number of Topliss-reactive ketones (excluding diaryl/α,β-unsaturated/α-hetero) is 1. The molecule has 3 nitrogen and oxygen atoms in total. The zero-order valence-corrected chi connectivity index (χ0v) is 11.8. The van der Waals surface area contributed by atoms with Crippen molar-refractivity contribution in [2.24, 2.45) is 0 Å². The SMILES string of the molecule is CC=COc1ccc(C(=O)C(C)(C)OC=CC)cc1. The van der Waals surface area contributed by atoms with E-state index in [2.05, 4.69) is 0 Å². The van der Waals surface area contributed by atoms with Crippen LogP contribution in [0.15, 0.2) is 48.9 Å². The standard InChI is InChI=1S/C16H20O3/c1-5-11-18-14-9-7-13(8-10-14)15(17)16(3,4)19-12-6-2/h5-12H,1-4H3. The fourth-order valence-corrected chi connectivity index (χ4v) is 1.47. The topological polar surface area (TPSA) is 35.5 Å². The van der Waals surface area contributed by atoms with Gasteiger partial charge in [-0.3, -0.25) is 4.79 Å². The Balaban J connectivity index is 2.82. The number of ether oxygens (including phenoxy) is 2. The molecule has 0 amide bonds. The highest BCUT2D eigenvalue weighted by molar-refractivity contribution is 6.02. The predicted octanol–water partition coefficient (Wildman–Crippen LogP) is 4.11. The van der Waals surface area contributed by atoms with E-state index in [0.717, 1.165) is 0 Å². The molecule has 0 atom stereocenters. The molecule has 0 aliphatic heterocycles. The van der Waals surface area contributed by atoms with Crippen LogP contribution in [0.1, 0.15) is 38.1 Å². The Morgan fingerprint density at radius 3 is 2.16 bits per heavy atom. The van der Waals surface area contributed by atoms with E-state index in [4.69, 9.17) is 9.47 Å². The summed E-state index contributed by atoms with van der Waals surface area (Å²) in [5.41, 5.74) is -0.277. The van der Waals surface area contributed by atoms with E-state index in [1.807, 2.05) is 13.8 Å². The van der Waals surface area contributed by atoms with Crippen molar-refractivity contribution in [2.75, 3.05) is 0 Å². The van der Waals surface area contributed by atoms with Crippen molar-refractivity contribution in [1.29, 1.82) is 0 Å². The van der Waals surface area contributed by atoms with Crippen molar-refractivity contribution < 1.29 is 14.3 Å². The summed E-state index contributed by atoms with van der Waals surface area (Å²) in [5.74, 6) is 0.630. The third-order valence-corrected chi connectivity index (χ3v) is 2.50. The van der Waals surface area contributed by atoms with Crippen molar-refractivity contribution in [1.82, 2.24) is 0 Å². The number of hydrogen-bond acceptors (Lipinski definition) is 3. The molecule has 0 N–H and O–H groups in total. The number of hydrogen-bond donors (Lipinski definition) is 0. The van der Waals surface area contributed by atoms with Crippen LogP contribution >= 0.6 is 0 Å². The highest BCUT2D eigenvalue weighted by atomic mass is 16.5. The lowest BCUT2D eigenvalue weighted by atomic mass is 9.96. The lowest BCUT2D eigenvalue weighted by molar-refractivity contribution is 0.0404. The molecular formula is C16H20O3. The third kappa shape index (κ3) is 4.28. The molecule has 0 heterocycles. The second-order valence-corrected chi connectivity index (χ2v) is 4.54. The smallest absolute Gasteiger partial charge is 0.205 e. The van der Waals surface area contributed by atoms with Gasteiger partial charge in [-0.1, -0.05) is 12.2 Å². The number of benzene rings is 1. The Morgan fingerprint density at radius 2 is 1.63 bits per heavy atom. The molecule has 1 aromatic carbocycles. The van der Waals surface area contributed by atoms with Gasteiger partial charge in [-0.05, 0) is 52.0 Å². The summed E-state index contributed by atoms with van der Waals surface area (Å²) < 4.78 is 10.7. The van der Waals surface area contributed by atoms with Crippen LogP contribution in [0.3, 0.4) is 0 Å². The van der Waals surface area contributed by atoms with Gasteiger partial charge in [-0.25, -0.2) is 0 Å². The molecule has 102 valence electrons. The van der Waals surface area contributed by atoms with Crippen molar-refractivity contribution in [3.05, 3.63) is 54.5 Å². The molecule has 3 heteroatoms. The second-order valence-electron chi connectivity index (χ2n) is 4.54. The molecule has 0 aliphatic rings. The van der Waals surface area contributed by atoms with Crippen LogP contribution in [0.2, 0.25) is 0 Å². The minimum absolute atomic E-state index is 0.0665. The summed E-state index contributed by atoms with van der Waals surface area (Å²) in [6, 6.07) is 7.00. The van der Waals surface area contributed by atoms with Gasteiger partial charge in [-0.2, -0.15) is 0 Å². The monoisotopic (exact) mass is 260 g/mol. The van der Waals surface area contributed by atoms with Crippen molar-refractivity contribution in [3.8, 4) is 5.75 Å². The first-order valence-corrected chi connectivity index (χ1v) is 6.23. The van der Waals surface area contributed by atoms with Gasteiger partial charge in [0, 0.05) is 5.56 Å². The average molecular weight is 260 g/mol. The number of ketones is 1. The third-order valence-electron chi connectivity index (χ3n) is 2.50. The maximum Gasteiger partial charge on any atom is 0.205 e. The fraction of sp³-hybridized carbons (Fsp3) is 0.312. The Morgan fingerprint density at radius 1 is 1.05 bits per heavy atom. The Kier molecular flexibility index (Phi) is 5.37. The van der Waals surface area contributed by atoms with Gasteiger partial charge in [0.2, 0.25) is 5.78 Å². The Bertz CT molecular complexity index is 467. The quantitative estimate of drug-likeness (QED) is 0.570. The highest BCUT2D eigenvalue weighted by Gasteiger charge is 2.29. The van der Waals surface area contributed by atoms with Crippen LogP contribution in [-0.4, -0.2) is 11.4 Å². The molecule has 0 unspecified atom stereocenters. The first kappa shape index (κ1) is 15.0. The van der Waals surface area contributed by atoms with Crippen LogP contribution < -0.4 is 4.74 Å². The van der Waals surface area contributed by atoms with Gasteiger partial charge in [0.15, 0.2) is 5.60 Å². The van der Waals surface area contributed by atoms with Gasteiger partial charge in [0.05, 0.1) is 12.5 Å². The molecule has 0 aromatic heterocycles. The van der Waals surface area contributed by atoms with E-state index >= 15 is 0 Å². The maximum absolute atomic E-state index is 12.3. The predicted molar refractivity (Wildman–Crippen MR) is 76.2 cm³/mol. The Labute approximate surface area is 114 Å². The molecule has 19 heavy (non-hydrogen) atoms. The Hall–Kier alpha value is -2.03. The van der Waals surface area contributed by atoms with Gasteiger partial charge >= 0.3 is 0 Å². The van der Waals surface area contributed by atoms with Crippen LogP contribution in [0.4, 0.5) is 0 Å². The molecule has 0 radical (unpaired) electrons. The van der Waals surface area contributed by atoms with E-state index in [1.54, 1.807) is 56.5 Å².